The Morgan fingerprint density at radius 1 is 0.939 bits per heavy atom. The first kappa shape index (κ1) is 24.1. The molecule has 6 nitrogen and oxygen atoms in total. The van der Waals surface area contributed by atoms with E-state index in [1.54, 1.807) is 31.2 Å². The van der Waals surface area contributed by atoms with Gasteiger partial charge in [-0.3, -0.25) is 9.59 Å². The highest BCUT2D eigenvalue weighted by molar-refractivity contribution is 8.13. The SMILES string of the molecule is Cc1c(NC(=O)C(CSC(=O)COc2ccccc2)Cc2ccccc2)cccc1C(=O)O. The van der Waals surface area contributed by atoms with Crippen LogP contribution in [0.5, 0.6) is 5.75 Å². The molecule has 0 bridgehead atoms. The van der Waals surface area contributed by atoms with Crippen molar-refractivity contribution in [1.29, 1.82) is 0 Å². The lowest BCUT2D eigenvalue weighted by molar-refractivity contribution is -0.119. The van der Waals surface area contributed by atoms with Crippen molar-refractivity contribution in [3.05, 3.63) is 95.6 Å². The van der Waals surface area contributed by atoms with Gasteiger partial charge in [-0.1, -0.05) is 66.4 Å². The number of para-hydroxylation sites is 1. The largest absolute Gasteiger partial charge is 0.485 e. The number of carbonyl (C=O) groups excluding carboxylic acids is 2. The first-order valence-electron chi connectivity index (χ1n) is 10.4. The van der Waals surface area contributed by atoms with Crippen LogP contribution >= 0.6 is 11.8 Å². The van der Waals surface area contributed by atoms with Gasteiger partial charge in [0.05, 0.1) is 11.5 Å². The van der Waals surface area contributed by atoms with Crippen LogP contribution < -0.4 is 10.1 Å². The molecule has 0 heterocycles. The number of carbonyl (C=O) groups is 3. The van der Waals surface area contributed by atoms with Gasteiger partial charge in [-0.15, -0.1) is 0 Å². The molecule has 170 valence electrons. The number of anilines is 1. The molecule has 0 aliphatic carbocycles. The second-order valence-electron chi connectivity index (χ2n) is 7.44. The van der Waals surface area contributed by atoms with Gasteiger partial charge in [0.25, 0.3) is 0 Å². The monoisotopic (exact) mass is 463 g/mol. The molecule has 0 saturated carbocycles. The molecule has 7 heteroatoms. The van der Waals surface area contributed by atoms with Gasteiger partial charge in [0.1, 0.15) is 5.75 Å². The van der Waals surface area contributed by atoms with Gasteiger partial charge in [0.2, 0.25) is 11.0 Å². The van der Waals surface area contributed by atoms with Crippen LogP contribution in [-0.2, 0) is 16.0 Å². The van der Waals surface area contributed by atoms with E-state index in [1.165, 1.54) is 6.07 Å². The van der Waals surface area contributed by atoms with Gasteiger partial charge >= 0.3 is 5.97 Å². The summed E-state index contributed by atoms with van der Waals surface area (Å²) in [7, 11) is 0. The molecule has 1 unspecified atom stereocenters. The van der Waals surface area contributed by atoms with Crippen molar-refractivity contribution in [3.8, 4) is 5.75 Å². The lowest BCUT2D eigenvalue weighted by Gasteiger charge is -2.18. The minimum Gasteiger partial charge on any atom is -0.485 e. The standard InChI is InChI=1S/C26H25NO5S/c1-18-22(26(30)31)13-8-14-23(18)27-25(29)20(15-19-9-4-2-5-10-19)17-33-24(28)16-32-21-11-6-3-7-12-21/h2-14,20H,15-17H2,1H3,(H,27,29)(H,30,31). The molecule has 0 aliphatic heterocycles. The fourth-order valence-electron chi connectivity index (χ4n) is 3.26. The van der Waals surface area contributed by atoms with Gasteiger partial charge < -0.3 is 15.2 Å². The maximum atomic E-state index is 13.1. The van der Waals surface area contributed by atoms with E-state index in [-0.39, 0.29) is 28.9 Å². The summed E-state index contributed by atoms with van der Waals surface area (Å²) in [4.78, 5) is 36.9. The van der Waals surface area contributed by atoms with Crippen molar-refractivity contribution in [2.75, 3.05) is 17.7 Å². The molecule has 0 radical (unpaired) electrons. The first-order valence-corrected chi connectivity index (χ1v) is 11.4. The number of carboxylic acid groups (broad SMARTS) is 1. The number of benzene rings is 3. The zero-order valence-electron chi connectivity index (χ0n) is 18.2. The molecular weight excluding hydrogens is 438 g/mol. The third kappa shape index (κ3) is 7.22. The zero-order chi connectivity index (χ0) is 23.6. The van der Waals surface area contributed by atoms with Crippen molar-refractivity contribution in [1.82, 2.24) is 0 Å². The Hall–Kier alpha value is -3.58. The van der Waals surface area contributed by atoms with Crippen LogP contribution in [0, 0.1) is 12.8 Å². The van der Waals surface area contributed by atoms with Gasteiger partial charge in [-0.25, -0.2) is 4.79 Å². The number of thioether (sulfide) groups is 1. The van der Waals surface area contributed by atoms with Crippen molar-refractivity contribution in [2.24, 2.45) is 5.92 Å². The second-order valence-corrected chi connectivity index (χ2v) is 8.52. The van der Waals surface area contributed by atoms with E-state index in [0.717, 1.165) is 17.3 Å². The fraction of sp³-hybridized carbons (Fsp3) is 0.192. The summed E-state index contributed by atoms with van der Waals surface area (Å²) in [6.45, 7) is 1.57. The number of hydrogen-bond acceptors (Lipinski definition) is 5. The maximum Gasteiger partial charge on any atom is 0.336 e. The lowest BCUT2D eigenvalue weighted by Crippen LogP contribution is -2.28. The van der Waals surface area contributed by atoms with Crippen molar-refractivity contribution in [3.63, 3.8) is 0 Å². The molecule has 3 aromatic rings. The van der Waals surface area contributed by atoms with Crippen LogP contribution in [0.2, 0.25) is 0 Å². The second kappa shape index (κ2) is 11.9. The molecule has 0 saturated heterocycles. The van der Waals surface area contributed by atoms with E-state index in [4.69, 9.17) is 4.74 Å². The van der Waals surface area contributed by atoms with Crippen LogP contribution in [0.25, 0.3) is 0 Å². The molecule has 0 aliphatic rings. The number of aromatic carboxylic acids is 1. The molecular formula is C26H25NO5S. The number of nitrogens with one attached hydrogen (secondary N) is 1. The van der Waals surface area contributed by atoms with Crippen LogP contribution in [0.3, 0.4) is 0 Å². The summed E-state index contributed by atoms with van der Waals surface area (Å²) < 4.78 is 5.50. The van der Waals surface area contributed by atoms with Gasteiger partial charge in [-0.2, -0.15) is 0 Å². The number of carboxylic acids is 1. The van der Waals surface area contributed by atoms with Gasteiger partial charge in [0.15, 0.2) is 6.61 Å². The van der Waals surface area contributed by atoms with Crippen LogP contribution in [0.4, 0.5) is 5.69 Å². The van der Waals surface area contributed by atoms with Crippen LogP contribution in [-0.4, -0.2) is 34.5 Å². The first-order chi connectivity index (χ1) is 15.9. The summed E-state index contributed by atoms with van der Waals surface area (Å²) in [6, 6.07) is 23.4. The van der Waals surface area contributed by atoms with Gasteiger partial charge in [-0.05, 0) is 48.7 Å². The molecule has 3 aromatic carbocycles. The van der Waals surface area contributed by atoms with E-state index in [0.29, 0.717) is 23.4 Å². The molecule has 33 heavy (non-hydrogen) atoms. The highest BCUT2D eigenvalue weighted by Gasteiger charge is 2.22. The van der Waals surface area contributed by atoms with Crippen LogP contribution in [0.15, 0.2) is 78.9 Å². The quantitative estimate of drug-likeness (QED) is 0.447. The van der Waals surface area contributed by atoms with E-state index < -0.39 is 11.9 Å². The molecule has 0 fully saturated rings. The van der Waals surface area contributed by atoms with Crippen molar-refractivity contribution < 1.29 is 24.2 Å². The van der Waals surface area contributed by atoms with E-state index in [2.05, 4.69) is 5.32 Å². The predicted molar refractivity (Wildman–Crippen MR) is 130 cm³/mol. The van der Waals surface area contributed by atoms with E-state index in [1.807, 2.05) is 48.5 Å². The fourth-order valence-corrected chi connectivity index (χ4v) is 4.06. The van der Waals surface area contributed by atoms with Crippen molar-refractivity contribution >= 4 is 34.4 Å². The Morgan fingerprint density at radius 3 is 2.27 bits per heavy atom. The van der Waals surface area contributed by atoms with Crippen molar-refractivity contribution in [2.45, 2.75) is 13.3 Å². The Kier molecular flexibility index (Phi) is 8.66. The molecule has 0 aromatic heterocycles. The van der Waals surface area contributed by atoms with E-state index >= 15 is 0 Å². The predicted octanol–water partition coefficient (Wildman–Crippen LogP) is 4.83. The summed E-state index contributed by atoms with van der Waals surface area (Å²) in [5.74, 6) is -0.933. The molecule has 1 atom stereocenters. The topological polar surface area (TPSA) is 92.7 Å². The van der Waals surface area contributed by atoms with E-state index in [9.17, 15) is 19.5 Å². The summed E-state index contributed by atoms with van der Waals surface area (Å²) in [6.07, 6.45) is 0.449. The van der Waals surface area contributed by atoms with Crippen LogP contribution in [0.1, 0.15) is 21.5 Å². The Balaban J connectivity index is 1.67. The maximum absolute atomic E-state index is 13.1. The minimum atomic E-state index is -1.05. The highest BCUT2D eigenvalue weighted by atomic mass is 32.2. The molecule has 0 spiro atoms. The number of ether oxygens (including phenoxy) is 1. The normalized spacial score (nSPS) is 11.4. The number of amides is 1. The highest BCUT2D eigenvalue weighted by Crippen LogP contribution is 2.22. The average molecular weight is 464 g/mol. The van der Waals surface area contributed by atoms with Gasteiger partial charge in [0, 0.05) is 11.4 Å². The number of rotatable bonds is 10. The summed E-state index contributed by atoms with van der Waals surface area (Å²) >= 11 is 1.06. The lowest BCUT2D eigenvalue weighted by atomic mass is 9.99. The Labute approximate surface area is 197 Å². The summed E-state index contributed by atoms with van der Waals surface area (Å²) in [5.41, 5.74) is 2.04. The Morgan fingerprint density at radius 2 is 1.61 bits per heavy atom. The minimum absolute atomic E-state index is 0.0892. The third-order valence-electron chi connectivity index (χ3n) is 5.06. The number of hydrogen-bond donors (Lipinski definition) is 2. The molecule has 1 amide bonds. The Bertz CT molecular complexity index is 1100. The molecule has 2 N–H and O–H groups in total. The third-order valence-corrected chi connectivity index (χ3v) is 6.07. The average Bonchev–Trinajstić information content (AvgIpc) is 2.82. The smallest absolute Gasteiger partial charge is 0.336 e. The summed E-state index contributed by atoms with van der Waals surface area (Å²) in [5, 5.41) is 12.0. The zero-order valence-corrected chi connectivity index (χ0v) is 19.0. The molecule has 3 rings (SSSR count).